The van der Waals surface area contributed by atoms with Crippen LogP contribution in [-0.4, -0.2) is 41.0 Å². The second kappa shape index (κ2) is 6.27. The molecule has 1 aromatic carbocycles. The molecule has 6 nitrogen and oxygen atoms in total. The Morgan fingerprint density at radius 2 is 2.04 bits per heavy atom. The fraction of sp³-hybridized carbons (Fsp3) is 0.368. The molecule has 0 aliphatic carbocycles. The molecule has 0 radical (unpaired) electrons. The zero-order valence-electron chi connectivity index (χ0n) is 14.2. The molecule has 130 valence electrons. The number of benzene rings is 1. The third-order valence-electron chi connectivity index (χ3n) is 5.02. The highest BCUT2D eigenvalue weighted by Gasteiger charge is 2.29. The van der Waals surface area contributed by atoms with Crippen LogP contribution in [0.3, 0.4) is 0 Å². The molecule has 0 bridgehead atoms. The van der Waals surface area contributed by atoms with Gasteiger partial charge in [0.1, 0.15) is 5.75 Å². The van der Waals surface area contributed by atoms with E-state index < -0.39 is 0 Å². The number of hydrogen-bond donors (Lipinski definition) is 0. The molecule has 2 aliphatic heterocycles. The first kappa shape index (κ1) is 15.7. The monoisotopic (exact) mass is 339 g/mol. The average molecular weight is 339 g/mol. The largest absolute Gasteiger partial charge is 0.482 e. The Hall–Kier alpha value is -2.76. The minimum absolute atomic E-state index is 0.0266. The summed E-state index contributed by atoms with van der Waals surface area (Å²) in [5, 5.41) is 0. The zero-order chi connectivity index (χ0) is 17.4. The molecule has 3 heterocycles. The number of carbonyl (C=O) groups excluding carboxylic acids is 2. The molecule has 6 heteroatoms. The van der Waals surface area contributed by atoms with Gasteiger partial charge in [-0.3, -0.25) is 9.59 Å². The van der Waals surface area contributed by atoms with Crippen molar-refractivity contribution < 1.29 is 14.3 Å². The van der Waals surface area contributed by atoms with Crippen molar-refractivity contribution in [3.8, 4) is 5.75 Å². The molecule has 1 atom stereocenters. The van der Waals surface area contributed by atoms with Crippen LogP contribution in [0.15, 0.2) is 42.6 Å². The summed E-state index contributed by atoms with van der Waals surface area (Å²) in [4.78, 5) is 28.5. The first-order valence-corrected chi connectivity index (χ1v) is 8.62. The van der Waals surface area contributed by atoms with Gasteiger partial charge in [-0.15, -0.1) is 0 Å². The molecule has 1 aromatic heterocycles. The number of fused-ring (bicyclic) bond motifs is 2. The van der Waals surface area contributed by atoms with Crippen molar-refractivity contribution in [2.75, 3.05) is 24.6 Å². The minimum atomic E-state index is -0.105. The van der Waals surface area contributed by atoms with Crippen LogP contribution >= 0.6 is 0 Å². The summed E-state index contributed by atoms with van der Waals surface area (Å²) in [5.41, 5.74) is 1.90. The maximum atomic E-state index is 12.7. The highest BCUT2D eigenvalue weighted by molar-refractivity contribution is 5.98. The van der Waals surface area contributed by atoms with Gasteiger partial charge in [0.25, 0.3) is 5.91 Å². The summed E-state index contributed by atoms with van der Waals surface area (Å²) in [6, 6.07) is 11.6. The quantitative estimate of drug-likeness (QED) is 0.861. The van der Waals surface area contributed by atoms with E-state index in [-0.39, 0.29) is 24.5 Å². The van der Waals surface area contributed by atoms with Gasteiger partial charge in [0, 0.05) is 37.9 Å². The standard InChI is InChI=1S/C19H21N3O3/c1-14-15-6-4-9-20(15)11-12-21(14)18(23)8-10-22-16-5-2-3-7-17(16)25-13-19(22)24/h2-7,9,14H,8,10-13H2,1H3/t14-/m0/s1. The van der Waals surface area contributed by atoms with E-state index >= 15 is 0 Å². The molecule has 0 spiro atoms. The second-order valence-corrected chi connectivity index (χ2v) is 6.44. The number of ether oxygens (including phenoxy) is 1. The summed E-state index contributed by atoms with van der Waals surface area (Å²) in [6.07, 6.45) is 2.36. The second-order valence-electron chi connectivity index (χ2n) is 6.44. The number of aromatic nitrogens is 1. The van der Waals surface area contributed by atoms with Crippen LogP contribution in [0, 0.1) is 0 Å². The third-order valence-corrected chi connectivity index (χ3v) is 5.02. The van der Waals surface area contributed by atoms with Crippen LogP contribution in [0.25, 0.3) is 0 Å². The summed E-state index contributed by atoms with van der Waals surface area (Å²) in [7, 11) is 0. The molecule has 2 aliphatic rings. The van der Waals surface area contributed by atoms with Crippen molar-refractivity contribution >= 4 is 17.5 Å². The fourth-order valence-electron chi connectivity index (χ4n) is 3.67. The molecule has 0 saturated heterocycles. The molecule has 2 aromatic rings. The van der Waals surface area contributed by atoms with Gasteiger partial charge in [-0.25, -0.2) is 0 Å². The number of anilines is 1. The molecule has 0 saturated carbocycles. The minimum Gasteiger partial charge on any atom is -0.482 e. The van der Waals surface area contributed by atoms with Crippen molar-refractivity contribution in [3.63, 3.8) is 0 Å². The zero-order valence-corrected chi connectivity index (χ0v) is 14.2. The van der Waals surface area contributed by atoms with Gasteiger partial charge in [0.2, 0.25) is 5.91 Å². The Morgan fingerprint density at radius 3 is 2.92 bits per heavy atom. The lowest BCUT2D eigenvalue weighted by atomic mass is 10.1. The molecule has 0 fully saturated rings. The highest BCUT2D eigenvalue weighted by Crippen LogP contribution is 2.32. The Balaban J connectivity index is 1.45. The Labute approximate surface area is 146 Å². The maximum Gasteiger partial charge on any atom is 0.265 e. The lowest BCUT2D eigenvalue weighted by Gasteiger charge is -2.36. The van der Waals surface area contributed by atoms with Gasteiger partial charge in [0.15, 0.2) is 6.61 Å². The van der Waals surface area contributed by atoms with Gasteiger partial charge in [0.05, 0.1) is 11.7 Å². The van der Waals surface area contributed by atoms with Crippen LogP contribution in [0.2, 0.25) is 0 Å². The number of hydrogen-bond acceptors (Lipinski definition) is 3. The van der Waals surface area contributed by atoms with Gasteiger partial charge >= 0.3 is 0 Å². The Morgan fingerprint density at radius 1 is 1.20 bits per heavy atom. The molecule has 0 unspecified atom stereocenters. The molecule has 4 rings (SSSR count). The van der Waals surface area contributed by atoms with Crippen LogP contribution in [-0.2, 0) is 16.1 Å². The third kappa shape index (κ3) is 2.77. The lowest BCUT2D eigenvalue weighted by Crippen LogP contribution is -2.44. The van der Waals surface area contributed by atoms with Crippen LogP contribution in [0.1, 0.15) is 25.1 Å². The number of nitrogens with zero attached hydrogens (tertiary/aromatic N) is 3. The first-order chi connectivity index (χ1) is 12.1. The lowest BCUT2D eigenvalue weighted by molar-refractivity contribution is -0.134. The van der Waals surface area contributed by atoms with E-state index in [1.165, 1.54) is 0 Å². The topological polar surface area (TPSA) is 54.8 Å². The molecule has 0 N–H and O–H groups in total. The SMILES string of the molecule is C[C@H]1c2cccn2CCN1C(=O)CCN1C(=O)COc2ccccc21. The molecular weight excluding hydrogens is 318 g/mol. The summed E-state index contributed by atoms with van der Waals surface area (Å²) >= 11 is 0. The molecule has 25 heavy (non-hydrogen) atoms. The molecule has 2 amide bonds. The number of rotatable bonds is 3. The van der Waals surface area contributed by atoms with Crippen molar-refractivity contribution in [1.29, 1.82) is 0 Å². The van der Waals surface area contributed by atoms with E-state index in [0.717, 1.165) is 17.9 Å². The van der Waals surface area contributed by atoms with E-state index in [9.17, 15) is 9.59 Å². The van der Waals surface area contributed by atoms with Crippen LogP contribution in [0.4, 0.5) is 5.69 Å². The maximum absolute atomic E-state index is 12.7. The number of amides is 2. The Kier molecular flexibility index (Phi) is 3.95. The van der Waals surface area contributed by atoms with Gasteiger partial charge in [-0.05, 0) is 31.2 Å². The fourth-order valence-corrected chi connectivity index (χ4v) is 3.67. The van der Waals surface area contributed by atoms with Gasteiger partial charge < -0.3 is 19.1 Å². The number of para-hydroxylation sites is 2. The summed E-state index contributed by atoms with van der Waals surface area (Å²) < 4.78 is 7.64. The van der Waals surface area contributed by atoms with Gasteiger partial charge in [-0.1, -0.05) is 12.1 Å². The summed E-state index contributed by atoms with van der Waals surface area (Å²) in [6.45, 7) is 3.98. The van der Waals surface area contributed by atoms with Crippen molar-refractivity contribution in [2.24, 2.45) is 0 Å². The van der Waals surface area contributed by atoms with Crippen molar-refractivity contribution in [2.45, 2.75) is 25.9 Å². The van der Waals surface area contributed by atoms with Crippen molar-refractivity contribution in [3.05, 3.63) is 48.3 Å². The van der Waals surface area contributed by atoms with Crippen LogP contribution < -0.4 is 9.64 Å². The average Bonchev–Trinajstić information content (AvgIpc) is 3.10. The molecular formula is C19H21N3O3. The predicted molar refractivity (Wildman–Crippen MR) is 93.5 cm³/mol. The van der Waals surface area contributed by atoms with E-state index in [0.29, 0.717) is 25.3 Å². The highest BCUT2D eigenvalue weighted by atomic mass is 16.5. The predicted octanol–water partition coefficient (Wildman–Crippen LogP) is 2.21. The van der Waals surface area contributed by atoms with Crippen LogP contribution in [0.5, 0.6) is 5.75 Å². The smallest absolute Gasteiger partial charge is 0.265 e. The summed E-state index contributed by atoms with van der Waals surface area (Å²) in [5.74, 6) is 0.669. The Bertz CT molecular complexity index is 814. The van der Waals surface area contributed by atoms with E-state index in [4.69, 9.17) is 4.74 Å². The normalized spacial score (nSPS) is 19.2. The van der Waals surface area contributed by atoms with Gasteiger partial charge in [-0.2, -0.15) is 0 Å². The van der Waals surface area contributed by atoms with E-state index in [2.05, 4.69) is 23.8 Å². The number of carbonyl (C=O) groups is 2. The van der Waals surface area contributed by atoms with E-state index in [1.54, 1.807) is 4.90 Å². The van der Waals surface area contributed by atoms with Crippen molar-refractivity contribution in [1.82, 2.24) is 9.47 Å². The van der Waals surface area contributed by atoms with E-state index in [1.807, 2.05) is 35.2 Å². The first-order valence-electron chi connectivity index (χ1n) is 8.62.